The van der Waals surface area contributed by atoms with E-state index in [0.29, 0.717) is 12.8 Å². The minimum Gasteiger partial charge on any atom is -0.396 e. The highest BCUT2D eigenvalue weighted by Crippen LogP contribution is 1.91. The van der Waals surface area contributed by atoms with Gasteiger partial charge in [0.1, 0.15) is 0 Å². The Balaban J connectivity index is 3.67. The van der Waals surface area contributed by atoms with E-state index in [2.05, 4.69) is 5.32 Å². The Kier molecular flexibility index (Phi) is 5.66. The van der Waals surface area contributed by atoms with Crippen molar-refractivity contribution < 1.29 is 9.90 Å². The minimum atomic E-state index is -0.425. The summed E-state index contributed by atoms with van der Waals surface area (Å²) in [5.74, 6) is -0.140. The molecule has 0 aliphatic rings. The first kappa shape index (κ1) is 11.4. The van der Waals surface area contributed by atoms with Crippen LogP contribution in [0.15, 0.2) is 0 Å². The molecule has 0 spiro atoms. The number of carbonyl (C=O) groups is 1. The molecule has 0 bridgehead atoms. The molecule has 0 saturated carbocycles. The molecule has 0 aromatic rings. The monoisotopic (exact) mass is 174 g/mol. The lowest BCUT2D eigenvalue weighted by molar-refractivity contribution is -0.123. The van der Waals surface area contributed by atoms with Crippen LogP contribution in [-0.2, 0) is 4.79 Å². The Labute approximate surface area is 73.1 Å². The van der Waals surface area contributed by atoms with E-state index in [9.17, 15) is 4.79 Å². The molecule has 12 heavy (non-hydrogen) atoms. The standard InChI is InChI=1S/C8H18N2O2/c1-3-7(9)8(12)10-6(2)4-5-11/h6-7,11H,3-5,9H2,1-2H3,(H,10,12)/t6?,7-/m1/s1. The Morgan fingerprint density at radius 2 is 2.25 bits per heavy atom. The molecule has 0 aromatic carbocycles. The van der Waals surface area contributed by atoms with E-state index < -0.39 is 6.04 Å². The van der Waals surface area contributed by atoms with E-state index >= 15 is 0 Å². The lowest BCUT2D eigenvalue weighted by Gasteiger charge is -2.15. The van der Waals surface area contributed by atoms with Crippen molar-refractivity contribution in [2.75, 3.05) is 6.61 Å². The molecule has 0 aliphatic carbocycles. The van der Waals surface area contributed by atoms with Crippen molar-refractivity contribution >= 4 is 5.91 Å². The van der Waals surface area contributed by atoms with Crippen molar-refractivity contribution in [1.82, 2.24) is 5.32 Å². The molecule has 4 heteroatoms. The number of nitrogens with one attached hydrogen (secondary N) is 1. The summed E-state index contributed by atoms with van der Waals surface area (Å²) in [7, 11) is 0. The lowest BCUT2D eigenvalue weighted by Crippen LogP contribution is -2.44. The zero-order chi connectivity index (χ0) is 9.56. The molecule has 4 N–H and O–H groups in total. The number of hydrogen-bond acceptors (Lipinski definition) is 3. The topological polar surface area (TPSA) is 75.4 Å². The van der Waals surface area contributed by atoms with E-state index in [1.807, 2.05) is 13.8 Å². The van der Waals surface area contributed by atoms with E-state index in [4.69, 9.17) is 10.8 Å². The zero-order valence-corrected chi connectivity index (χ0v) is 7.71. The summed E-state index contributed by atoms with van der Waals surface area (Å²) in [4.78, 5) is 11.1. The van der Waals surface area contributed by atoms with Gasteiger partial charge in [-0.15, -0.1) is 0 Å². The van der Waals surface area contributed by atoms with Gasteiger partial charge in [-0.25, -0.2) is 0 Å². The first-order valence-electron chi connectivity index (χ1n) is 4.28. The van der Waals surface area contributed by atoms with E-state index in [1.165, 1.54) is 0 Å². The van der Waals surface area contributed by atoms with Crippen LogP contribution in [0.4, 0.5) is 0 Å². The van der Waals surface area contributed by atoms with Crippen molar-refractivity contribution in [2.45, 2.75) is 38.8 Å². The fourth-order valence-corrected chi connectivity index (χ4v) is 0.801. The number of nitrogens with two attached hydrogens (primary N) is 1. The van der Waals surface area contributed by atoms with Crippen LogP contribution in [0.5, 0.6) is 0 Å². The molecule has 0 heterocycles. The summed E-state index contributed by atoms with van der Waals surface area (Å²) in [6.07, 6.45) is 1.21. The summed E-state index contributed by atoms with van der Waals surface area (Å²) in [6.45, 7) is 3.79. The second kappa shape index (κ2) is 5.97. The maximum absolute atomic E-state index is 11.1. The van der Waals surface area contributed by atoms with Crippen molar-refractivity contribution in [2.24, 2.45) is 5.73 Å². The number of aliphatic hydroxyl groups is 1. The van der Waals surface area contributed by atoms with Crippen LogP contribution in [0.1, 0.15) is 26.7 Å². The summed E-state index contributed by atoms with van der Waals surface area (Å²) in [5.41, 5.74) is 5.49. The first-order chi connectivity index (χ1) is 5.61. The van der Waals surface area contributed by atoms with Gasteiger partial charge < -0.3 is 16.2 Å². The molecular weight excluding hydrogens is 156 g/mol. The van der Waals surface area contributed by atoms with E-state index in [0.717, 1.165) is 0 Å². The normalized spacial score (nSPS) is 15.3. The predicted octanol–water partition coefficient (Wildman–Crippen LogP) is -0.389. The van der Waals surface area contributed by atoms with Gasteiger partial charge >= 0.3 is 0 Å². The quantitative estimate of drug-likeness (QED) is 0.531. The third-order valence-corrected chi connectivity index (χ3v) is 1.73. The lowest BCUT2D eigenvalue weighted by atomic mass is 10.2. The van der Waals surface area contributed by atoms with Gasteiger partial charge in [-0.3, -0.25) is 4.79 Å². The first-order valence-corrected chi connectivity index (χ1v) is 4.28. The third kappa shape index (κ3) is 4.31. The summed E-state index contributed by atoms with van der Waals surface area (Å²) < 4.78 is 0. The Bertz CT molecular complexity index is 139. The molecule has 0 aromatic heterocycles. The average molecular weight is 174 g/mol. The average Bonchev–Trinajstić information content (AvgIpc) is 2.03. The van der Waals surface area contributed by atoms with Crippen LogP contribution in [0.2, 0.25) is 0 Å². The molecule has 1 amide bonds. The highest BCUT2D eigenvalue weighted by Gasteiger charge is 2.12. The van der Waals surface area contributed by atoms with Crippen LogP contribution in [-0.4, -0.2) is 29.7 Å². The van der Waals surface area contributed by atoms with E-state index in [-0.39, 0.29) is 18.6 Å². The summed E-state index contributed by atoms with van der Waals surface area (Å²) >= 11 is 0. The molecule has 0 radical (unpaired) electrons. The van der Waals surface area contributed by atoms with E-state index in [1.54, 1.807) is 0 Å². The Morgan fingerprint density at radius 3 is 2.67 bits per heavy atom. The van der Waals surface area contributed by atoms with Crippen molar-refractivity contribution in [3.05, 3.63) is 0 Å². The number of aliphatic hydroxyl groups excluding tert-OH is 1. The zero-order valence-electron chi connectivity index (χ0n) is 7.71. The maximum atomic E-state index is 11.1. The maximum Gasteiger partial charge on any atom is 0.237 e. The fourth-order valence-electron chi connectivity index (χ4n) is 0.801. The molecular formula is C8H18N2O2. The minimum absolute atomic E-state index is 0.0000926. The number of carbonyl (C=O) groups excluding carboxylic acids is 1. The molecule has 0 fully saturated rings. The van der Waals surface area contributed by atoms with Crippen LogP contribution < -0.4 is 11.1 Å². The van der Waals surface area contributed by atoms with Crippen molar-refractivity contribution in [3.8, 4) is 0 Å². The SMILES string of the molecule is CC[C@@H](N)C(=O)NC(C)CCO. The predicted molar refractivity (Wildman–Crippen MR) is 47.6 cm³/mol. The Morgan fingerprint density at radius 1 is 1.67 bits per heavy atom. The highest BCUT2D eigenvalue weighted by molar-refractivity contribution is 5.81. The Hall–Kier alpha value is -0.610. The number of hydrogen-bond donors (Lipinski definition) is 3. The van der Waals surface area contributed by atoms with Crippen LogP contribution >= 0.6 is 0 Å². The van der Waals surface area contributed by atoms with Crippen LogP contribution in [0, 0.1) is 0 Å². The second-order valence-corrected chi connectivity index (χ2v) is 2.94. The third-order valence-electron chi connectivity index (χ3n) is 1.73. The fraction of sp³-hybridized carbons (Fsp3) is 0.875. The van der Waals surface area contributed by atoms with Gasteiger partial charge in [-0.2, -0.15) is 0 Å². The second-order valence-electron chi connectivity index (χ2n) is 2.94. The van der Waals surface area contributed by atoms with Crippen molar-refractivity contribution in [3.63, 3.8) is 0 Å². The van der Waals surface area contributed by atoms with Gasteiger partial charge in [-0.05, 0) is 19.8 Å². The summed E-state index contributed by atoms with van der Waals surface area (Å²) in [6, 6.07) is -0.425. The smallest absolute Gasteiger partial charge is 0.237 e. The van der Waals surface area contributed by atoms with Gasteiger partial charge in [0.15, 0.2) is 0 Å². The van der Waals surface area contributed by atoms with Gasteiger partial charge in [-0.1, -0.05) is 6.92 Å². The van der Waals surface area contributed by atoms with Crippen LogP contribution in [0.3, 0.4) is 0 Å². The summed E-state index contributed by atoms with van der Waals surface area (Å²) in [5, 5.41) is 11.3. The molecule has 0 aliphatic heterocycles. The molecule has 4 nitrogen and oxygen atoms in total. The van der Waals surface area contributed by atoms with Crippen molar-refractivity contribution in [1.29, 1.82) is 0 Å². The van der Waals surface area contributed by atoms with Gasteiger partial charge in [0.25, 0.3) is 0 Å². The van der Waals surface area contributed by atoms with Crippen LogP contribution in [0.25, 0.3) is 0 Å². The van der Waals surface area contributed by atoms with Gasteiger partial charge in [0, 0.05) is 12.6 Å². The molecule has 0 saturated heterocycles. The van der Waals surface area contributed by atoms with Gasteiger partial charge in [0.05, 0.1) is 6.04 Å². The molecule has 2 atom stereocenters. The molecule has 1 unspecified atom stereocenters. The highest BCUT2D eigenvalue weighted by atomic mass is 16.3. The largest absolute Gasteiger partial charge is 0.396 e. The molecule has 0 rings (SSSR count). The van der Waals surface area contributed by atoms with Gasteiger partial charge in [0.2, 0.25) is 5.91 Å². The number of rotatable bonds is 5. The molecule has 72 valence electrons. The number of amides is 1.